The number of hydrogen-bond acceptors (Lipinski definition) is 3. The maximum Gasteiger partial charge on any atom is 0.165 e. The summed E-state index contributed by atoms with van der Waals surface area (Å²) in [6, 6.07) is 4.72. The van der Waals surface area contributed by atoms with Gasteiger partial charge in [-0.1, -0.05) is 12.1 Å². The fourth-order valence-electron chi connectivity index (χ4n) is 1.81. The van der Waals surface area contributed by atoms with Crippen molar-refractivity contribution in [2.45, 2.75) is 38.0 Å². The third kappa shape index (κ3) is 2.79. The van der Waals surface area contributed by atoms with E-state index < -0.39 is 11.4 Å². The van der Waals surface area contributed by atoms with E-state index >= 15 is 0 Å². The first kappa shape index (κ1) is 13.6. The van der Waals surface area contributed by atoms with Gasteiger partial charge in [-0.05, 0) is 26.8 Å². The van der Waals surface area contributed by atoms with Gasteiger partial charge in [-0.25, -0.2) is 4.39 Å². The van der Waals surface area contributed by atoms with Gasteiger partial charge in [-0.2, -0.15) is 0 Å². The van der Waals surface area contributed by atoms with E-state index in [-0.39, 0.29) is 22.4 Å². The summed E-state index contributed by atoms with van der Waals surface area (Å²) in [5.74, 6) is -0.0762. The van der Waals surface area contributed by atoms with Crippen molar-refractivity contribution in [2.24, 2.45) is 0 Å². The Kier molecular flexibility index (Phi) is 3.84. The zero-order valence-electron chi connectivity index (χ0n) is 10.8. The molecule has 3 nitrogen and oxygen atoms in total. The van der Waals surface area contributed by atoms with Crippen molar-refractivity contribution >= 4 is 11.4 Å². The quantitative estimate of drug-likeness (QED) is 0.841. The highest BCUT2D eigenvalue weighted by Gasteiger charge is 2.33. The van der Waals surface area contributed by atoms with Crippen LogP contribution in [0.1, 0.15) is 38.8 Å². The van der Waals surface area contributed by atoms with Crippen LogP contribution in [0.4, 0.5) is 4.39 Å². The maximum absolute atomic E-state index is 13.6. The summed E-state index contributed by atoms with van der Waals surface area (Å²) in [6.45, 7) is 6.15. The van der Waals surface area contributed by atoms with Crippen molar-refractivity contribution in [3.05, 3.63) is 29.6 Å². The average molecular weight is 271 g/mol. The number of hydrogen-bond donors (Lipinski definition) is 1. The Hall–Kier alpha value is -0.780. The molecule has 1 heterocycles. The number of halogens is 1. The first-order chi connectivity index (χ1) is 8.39. The molecule has 5 heteroatoms. The topological polar surface area (TPSA) is 44.3 Å². The highest BCUT2D eigenvalue weighted by atomic mass is 32.2. The molecule has 1 aromatic carbocycles. The first-order valence-corrected chi connectivity index (χ1v) is 7.14. The molecule has 2 rings (SSSR count). The van der Waals surface area contributed by atoms with Gasteiger partial charge in [0.05, 0.1) is 12.6 Å². The van der Waals surface area contributed by atoms with Gasteiger partial charge in [-0.15, -0.1) is 4.72 Å². The molecule has 0 spiro atoms. The van der Waals surface area contributed by atoms with Crippen LogP contribution in [-0.4, -0.2) is 15.9 Å². The largest absolute Gasteiger partial charge is 0.598 e. The Balaban J connectivity index is 2.21. The van der Waals surface area contributed by atoms with Crippen molar-refractivity contribution < 1.29 is 13.7 Å². The lowest BCUT2D eigenvalue weighted by Crippen LogP contribution is -2.42. The molecule has 0 bridgehead atoms. The van der Waals surface area contributed by atoms with Gasteiger partial charge in [0.1, 0.15) is 4.75 Å². The summed E-state index contributed by atoms with van der Waals surface area (Å²) in [5, 5.41) is 0. The fraction of sp³-hybridized carbons (Fsp3) is 0.538. The van der Waals surface area contributed by atoms with E-state index in [4.69, 9.17) is 4.74 Å². The zero-order valence-corrected chi connectivity index (χ0v) is 11.6. The summed E-state index contributed by atoms with van der Waals surface area (Å²) in [4.78, 5) is 0. The molecule has 1 aliphatic heterocycles. The predicted octanol–water partition coefficient (Wildman–Crippen LogP) is 2.70. The summed E-state index contributed by atoms with van der Waals surface area (Å²) in [5.41, 5.74) is 0.749. The monoisotopic (exact) mass is 271 g/mol. The second-order valence-electron chi connectivity index (χ2n) is 5.35. The highest BCUT2D eigenvalue weighted by Crippen LogP contribution is 2.35. The molecular formula is C13H18FNO2S. The molecule has 0 fully saturated rings. The van der Waals surface area contributed by atoms with Crippen molar-refractivity contribution in [1.29, 1.82) is 0 Å². The second kappa shape index (κ2) is 5.07. The molecule has 0 amide bonds. The van der Waals surface area contributed by atoms with Crippen molar-refractivity contribution in [2.75, 3.05) is 6.61 Å². The van der Waals surface area contributed by atoms with Gasteiger partial charge in [0.25, 0.3) is 0 Å². The van der Waals surface area contributed by atoms with Crippen LogP contribution >= 0.6 is 0 Å². The van der Waals surface area contributed by atoms with E-state index in [1.54, 1.807) is 6.07 Å². The van der Waals surface area contributed by atoms with Crippen LogP contribution in [0.25, 0.3) is 0 Å². The van der Waals surface area contributed by atoms with Crippen LogP contribution in [0.15, 0.2) is 18.2 Å². The Labute approximate surface area is 110 Å². The van der Waals surface area contributed by atoms with Gasteiger partial charge >= 0.3 is 0 Å². The summed E-state index contributed by atoms with van der Waals surface area (Å²) in [6.07, 6.45) is 0.693. The SMILES string of the molecule is CC(C)(C)[S@+]([O-])N[C@H]1CCOc2c(F)cccc21. The molecule has 0 radical (unpaired) electrons. The molecule has 0 unspecified atom stereocenters. The Bertz CT molecular complexity index is 433. The molecule has 0 aliphatic carbocycles. The van der Waals surface area contributed by atoms with Crippen LogP contribution in [-0.2, 0) is 11.4 Å². The lowest BCUT2D eigenvalue weighted by atomic mass is 10.0. The standard InChI is InChI=1S/C13H18FNO2S/c1-13(2,3)18(16)15-11-7-8-17-12-9(11)5-4-6-10(12)14/h4-6,11,15H,7-8H2,1-3H3/t11-,18-/m0/s1. The maximum atomic E-state index is 13.6. The molecule has 0 saturated carbocycles. The molecule has 1 aliphatic rings. The fourth-order valence-corrected chi connectivity index (χ4v) is 2.67. The molecule has 18 heavy (non-hydrogen) atoms. The van der Waals surface area contributed by atoms with Gasteiger partial charge in [0, 0.05) is 23.3 Å². The van der Waals surface area contributed by atoms with E-state index in [1.165, 1.54) is 6.07 Å². The summed E-state index contributed by atoms with van der Waals surface area (Å²) >= 11 is -1.18. The summed E-state index contributed by atoms with van der Waals surface area (Å²) in [7, 11) is 0. The van der Waals surface area contributed by atoms with Gasteiger partial charge in [0.2, 0.25) is 0 Å². The van der Waals surface area contributed by atoms with Gasteiger partial charge in [0.15, 0.2) is 11.6 Å². The van der Waals surface area contributed by atoms with E-state index in [0.29, 0.717) is 13.0 Å². The minimum absolute atomic E-state index is 0.121. The molecule has 0 saturated heterocycles. The van der Waals surface area contributed by atoms with Crippen LogP contribution in [0, 0.1) is 5.82 Å². The van der Waals surface area contributed by atoms with Crippen molar-refractivity contribution in [3.63, 3.8) is 0 Å². The molecule has 2 atom stereocenters. The normalized spacial score (nSPS) is 21.1. The van der Waals surface area contributed by atoms with Crippen LogP contribution in [0.2, 0.25) is 0 Å². The first-order valence-electron chi connectivity index (χ1n) is 5.99. The van der Waals surface area contributed by atoms with Crippen LogP contribution in [0.5, 0.6) is 5.75 Å². The molecule has 100 valence electrons. The number of benzene rings is 1. The van der Waals surface area contributed by atoms with E-state index in [0.717, 1.165) is 5.56 Å². The highest BCUT2D eigenvalue weighted by molar-refractivity contribution is 7.90. The lowest BCUT2D eigenvalue weighted by Gasteiger charge is -2.31. The van der Waals surface area contributed by atoms with Crippen molar-refractivity contribution in [1.82, 2.24) is 4.72 Å². The number of rotatable bonds is 2. The smallest absolute Gasteiger partial charge is 0.165 e. The minimum Gasteiger partial charge on any atom is -0.598 e. The predicted molar refractivity (Wildman–Crippen MR) is 70.3 cm³/mol. The summed E-state index contributed by atoms with van der Waals surface area (Å²) < 4.78 is 33.7. The number of ether oxygens (including phenoxy) is 1. The molecule has 1 N–H and O–H groups in total. The third-order valence-electron chi connectivity index (χ3n) is 2.83. The van der Waals surface area contributed by atoms with Gasteiger partial charge < -0.3 is 9.29 Å². The average Bonchev–Trinajstić information content (AvgIpc) is 2.29. The molecular weight excluding hydrogens is 253 g/mol. The van der Waals surface area contributed by atoms with Crippen molar-refractivity contribution in [3.8, 4) is 5.75 Å². The Morgan fingerprint density at radius 2 is 2.17 bits per heavy atom. The number of para-hydroxylation sites is 1. The Morgan fingerprint density at radius 1 is 1.44 bits per heavy atom. The van der Waals surface area contributed by atoms with Crippen LogP contribution < -0.4 is 9.46 Å². The van der Waals surface area contributed by atoms with Crippen LogP contribution in [0.3, 0.4) is 0 Å². The van der Waals surface area contributed by atoms with E-state index in [1.807, 2.05) is 26.8 Å². The number of nitrogens with one attached hydrogen (secondary N) is 1. The Morgan fingerprint density at radius 3 is 2.83 bits per heavy atom. The van der Waals surface area contributed by atoms with E-state index in [9.17, 15) is 8.94 Å². The second-order valence-corrected chi connectivity index (χ2v) is 7.34. The zero-order chi connectivity index (χ0) is 13.3. The van der Waals surface area contributed by atoms with Gasteiger partial charge in [-0.3, -0.25) is 0 Å². The minimum atomic E-state index is -1.18. The lowest BCUT2D eigenvalue weighted by molar-refractivity contribution is 0.249. The molecule has 0 aromatic heterocycles. The van der Waals surface area contributed by atoms with E-state index in [2.05, 4.69) is 4.72 Å². The number of fused-ring (bicyclic) bond motifs is 1. The molecule has 1 aromatic rings. The third-order valence-corrected chi connectivity index (χ3v) is 4.44.